The molecule has 0 saturated carbocycles. The summed E-state index contributed by atoms with van der Waals surface area (Å²) in [5.74, 6) is -0.141. The predicted octanol–water partition coefficient (Wildman–Crippen LogP) is 5.02. The first-order valence-electron chi connectivity index (χ1n) is 11.7. The number of likely N-dealkylation sites (tertiary alicyclic amines) is 1. The van der Waals surface area contributed by atoms with Crippen LogP contribution in [0.2, 0.25) is 0 Å². The van der Waals surface area contributed by atoms with Crippen molar-refractivity contribution in [1.29, 1.82) is 0 Å². The van der Waals surface area contributed by atoms with E-state index in [1.807, 2.05) is 47.4 Å². The Morgan fingerprint density at radius 1 is 0.861 bits per heavy atom. The molecule has 0 unspecified atom stereocenters. The highest BCUT2D eigenvalue weighted by atomic mass is 32.2. The van der Waals surface area contributed by atoms with Crippen LogP contribution in [0.1, 0.15) is 28.8 Å². The first-order chi connectivity index (χ1) is 17.4. The molecule has 8 heteroatoms. The van der Waals surface area contributed by atoms with Crippen molar-refractivity contribution in [3.8, 4) is 0 Å². The number of hydrogen-bond acceptors (Lipinski definition) is 4. The summed E-state index contributed by atoms with van der Waals surface area (Å²) in [5.41, 5.74) is 2.43. The molecule has 1 aliphatic rings. The monoisotopic (exact) mass is 499 g/mol. The fourth-order valence-corrected chi connectivity index (χ4v) is 5.37. The van der Waals surface area contributed by atoms with Gasteiger partial charge in [-0.3, -0.25) is 14.3 Å². The number of amides is 2. The lowest BCUT2D eigenvalue weighted by Gasteiger charge is -2.15. The van der Waals surface area contributed by atoms with Gasteiger partial charge in [-0.1, -0.05) is 48.5 Å². The molecule has 0 radical (unpaired) electrons. The Labute approximate surface area is 209 Å². The molecule has 2 amide bonds. The first-order valence-corrected chi connectivity index (χ1v) is 13.2. The molecule has 2 N–H and O–H groups in total. The third kappa shape index (κ3) is 5.08. The molecular formula is C28H25N3O4S. The van der Waals surface area contributed by atoms with E-state index in [2.05, 4.69) is 10.0 Å². The maximum absolute atomic E-state index is 13.0. The van der Waals surface area contributed by atoms with Gasteiger partial charge in [0, 0.05) is 36.1 Å². The van der Waals surface area contributed by atoms with E-state index in [0.29, 0.717) is 29.9 Å². The van der Waals surface area contributed by atoms with Crippen LogP contribution in [0.4, 0.5) is 11.4 Å². The summed E-state index contributed by atoms with van der Waals surface area (Å²) in [5, 5.41) is 4.54. The summed E-state index contributed by atoms with van der Waals surface area (Å²) >= 11 is 0. The van der Waals surface area contributed by atoms with Gasteiger partial charge in [0.15, 0.2) is 0 Å². The van der Waals surface area contributed by atoms with E-state index in [0.717, 1.165) is 29.3 Å². The zero-order valence-corrected chi connectivity index (χ0v) is 20.3. The molecule has 0 spiro atoms. The number of sulfonamides is 1. The second-order valence-corrected chi connectivity index (χ2v) is 10.4. The van der Waals surface area contributed by atoms with E-state index >= 15 is 0 Å². The summed E-state index contributed by atoms with van der Waals surface area (Å²) in [4.78, 5) is 26.4. The largest absolute Gasteiger partial charge is 0.338 e. The number of carbonyl (C=O) groups is 2. The van der Waals surface area contributed by atoms with E-state index in [1.54, 1.807) is 36.4 Å². The van der Waals surface area contributed by atoms with E-state index < -0.39 is 10.0 Å². The van der Waals surface area contributed by atoms with Crippen LogP contribution in [0.15, 0.2) is 95.9 Å². The highest BCUT2D eigenvalue weighted by molar-refractivity contribution is 7.92. The van der Waals surface area contributed by atoms with E-state index in [1.165, 1.54) is 12.1 Å². The van der Waals surface area contributed by atoms with Gasteiger partial charge in [0.2, 0.25) is 5.91 Å². The second kappa shape index (κ2) is 9.83. The molecule has 0 aliphatic carbocycles. The molecule has 0 bridgehead atoms. The normalized spacial score (nSPS) is 13.7. The van der Waals surface area contributed by atoms with Crippen LogP contribution >= 0.6 is 0 Å². The average Bonchev–Trinajstić information content (AvgIpc) is 3.29. The van der Waals surface area contributed by atoms with Crippen molar-refractivity contribution < 1.29 is 18.0 Å². The lowest BCUT2D eigenvalue weighted by atomic mass is 10.1. The summed E-state index contributed by atoms with van der Waals surface area (Å²) in [6.07, 6.45) is 1.48. The molecule has 1 aliphatic heterocycles. The molecule has 4 aromatic carbocycles. The van der Waals surface area contributed by atoms with Crippen LogP contribution in [0, 0.1) is 0 Å². The Hall–Kier alpha value is -4.17. The number of nitrogens with zero attached hydrogens (tertiary/aromatic N) is 1. The SMILES string of the molecule is O=C(Nc1ccc(S(=O)(=O)Nc2cccc3ccccc23)cc1)c1ccc(CN2CCCC2=O)cc1. The number of hydrogen-bond donors (Lipinski definition) is 2. The fraction of sp³-hybridized carbons (Fsp3) is 0.143. The first kappa shape index (κ1) is 23.6. The van der Waals surface area contributed by atoms with Crippen molar-refractivity contribution in [2.45, 2.75) is 24.3 Å². The van der Waals surface area contributed by atoms with E-state index in [9.17, 15) is 18.0 Å². The highest BCUT2D eigenvalue weighted by Gasteiger charge is 2.20. The molecule has 182 valence electrons. The van der Waals surface area contributed by atoms with Gasteiger partial charge in [0.25, 0.3) is 15.9 Å². The van der Waals surface area contributed by atoms with Crippen molar-refractivity contribution >= 4 is 44.0 Å². The summed E-state index contributed by atoms with van der Waals surface area (Å²) in [7, 11) is -3.81. The number of nitrogens with one attached hydrogen (secondary N) is 2. The summed E-state index contributed by atoms with van der Waals surface area (Å²) in [6.45, 7) is 1.31. The Morgan fingerprint density at radius 3 is 2.31 bits per heavy atom. The minimum absolute atomic E-state index is 0.0919. The molecule has 0 aromatic heterocycles. The number of benzene rings is 4. The van der Waals surface area contributed by atoms with Crippen LogP contribution in [-0.2, 0) is 21.4 Å². The molecule has 1 fully saturated rings. The van der Waals surface area contributed by atoms with Crippen LogP contribution in [0.3, 0.4) is 0 Å². The summed E-state index contributed by atoms with van der Waals surface area (Å²) < 4.78 is 28.6. The molecule has 1 saturated heterocycles. The van der Waals surface area contributed by atoms with Gasteiger partial charge in [-0.05, 0) is 59.8 Å². The van der Waals surface area contributed by atoms with Crippen LogP contribution in [-0.4, -0.2) is 31.7 Å². The number of fused-ring (bicyclic) bond motifs is 1. The third-order valence-electron chi connectivity index (χ3n) is 6.22. The predicted molar refractivity (Wildman–Crippen MR) is 140 cm³/mol. The zero-order valence-electron chi connectivity index (χ0n) is 19.5. The fourth-order valence-electron chi connectivity index (χ4n) is 4.29. The Bertz CT molecular complexity index is 1530. The van der Waals surface area contributed by atoms with Crippen LogP contribution in [0.5, 0.6) is 0 Å². The van der Waals surface area contributed by atoms with E-state index in [-0.39, 0.29) is 16.7 Å². The van der Waals surface area contributed by atoms with Crippen molar-refractivity contribution in [3.63, 3.8) is 0 Å². The smallest absolute Gasteiger partial charge is 0.261 e. The lowest BCUT2D eigenvalue weighted by Crippen LogP contribution is -2.23. The standard InChI is InChI=1S/C28H25N3O4S/c32-27-9-4-18-31(27)19-20-10-12-22(13-11-20)28(33)29-23-14-16-24(17-15-23)36(34,35)30-26-8-3-6-21-5-1-2-7-25(21)26/h1-3,5-8,10-17,30H,4,9,18-19H2,(H,29,33). The van der Waals surface area contributed by atoms with Gasteiger partial charge < -0.3 is 10.2 Å². The lowest BCUT2D eigenvalue weighted by molar-refractivity contribution is -0.128. The molecule has 5 rings (SSSR count). The van der Waals surface area contributed by atoms with Crippen molar-refractivity contribution in [3.05, 3.63) is 102 Å². The molecule has 36 heavy (non-hydrogen) atoms. The molecule has 1 heterocycles. The number of anilines is 2. The topological polar surface area (TPSA) is 95.6 Å². The van der Waals surface area contributed by atoms with Gasteiger partial charge in [0.1, 0.15) is 0 Å². The minimum Gasteiger partial charge on any atom is -0.338 e. The molecule has 7 nitrogen and oxygen atoms in total. The summed E-state index contributed by atoms with van der Waals surface area (Å²) in [6, 6.07) is 26.2. The van der Waals surface area contributed by atoms with Crippen molar-refractivity contribution in [1.82, 2.24) is 4.90 Å². The number of rotatable bonds is 7. The van der Waals surface area contributed by atoms with E-state index in [4.69, 9.17) is 0 Å². The Balaban J connectivity index is 1.24. The van der Waals surface area contributed by atoms with Gasteiger partial charge in [-0.2, -0.15) is 0 Å². The quantitative estimate of drug-likeness (QED) is 0.373. The van der Waals surface area contributed by atoms with Gasteiger partial charge in [-0.25, -0.2) is 8.42 Å². The average molecular weight is 500 g/mol. The molecule has 4 aromatic rings. The van der Waals surface area contributed by atoms with Gasteiger partial charge in [0.05, 0.1) is 10.6 Å². The Morgan fingerprint density at radius 2 is 1.58 bits per heavy atom. The third-order valence-corrected chi connectivity index (χ3v) is 7.60. The minimum atomic E-state index is -3.81. The van der Waals surface area contributed by atoms with Crippen LogP contribution in [0.25, 0.3) is 10.8 Å². The van der Waals surface area contributed by atoms with Crippen molar-refractivity contribution in [2.24, 2.45) is 0 Å². The molecular weight excluding hydrogens is 474 g/mol. The number of carbonyl (C=O) groups excluding carboxylic acids is 2. The molecule has 0 atom stereocenters. The second-order valence-electron chi connectivity index (χ2n) is 8.73. The van der Waals surface area contributed by atoms with Gasteiger partial charge in [-0.15, -0.1) is 0 Å². The Kier molecular flexibility index (Phi) is 6.43. The maximum atomic E-state index is 13.0. The van der Waals surface area contributed by atoms with Crippen molar-refractivity contribution in [2.75, 3.05) is 16.6 Å². The zero-order chi connectivity index (χ0) is 25.1. The maximum Gasteiger partial charge on any atom is 0.261 e. The highest BCUT2D eigenvalue weighted by Crippen LogP contribution is 2.26. The van der Waals surface area contributed by atoms with Gasteiger partial charge >= 0.3 is 0 Å². The van der Waals surface area contributed by atoms with Crippen LogP contribution < -0.4 is 10.0 Å².